The van der Waals surface area contributed by atoms with Crippen LogP contribution < -0.4 is 11.1 Å². The molecule has 244 valence electrons. The molecule has 0 saturated carbocycles. The van der Waals surface area contributed by atoms with Crippen molar-refractivity contribution in [3.8, 4) is 0 Å². The van der Waals surface area contributed by atoms with Gasteiger partial charge in [-0.2, -0.15) is 8.78 Å². The number of nitrogens with zero attached hydrogens (tertiary/aromatic N) is 2. The molecule has 6 N–H and O–H groups in total. The highest BCUT2D eigenvalue weighted by molar-refractivity contribution is 7.52. The van der Waals surface area contributed by atoms with Gasteiger partial charge in [-0.15, -0.1) is 11.3 Å². The largest absolute Gasteiger partial charge is 0.399 e. The van der Waals surface area contributed by atoms with E-state index in [2.05, 4.69) is 26.3 Å². The SMILES string of the molecule is C=O.CNCc1c[nH]c2ncccc12.NC(=O)c1cc2cc(C(F)(F)P(=O)(O)O)ccc2s1.O=C1CCCCC[C@H]2CCCN12. The van der Waals surface area contributed by atoms with E-state index < -0.39 is 24.7 Å². The van der Waals surface area contributed by atoms with E-state index in [-0.39, 0.29) is 10.3 Å². The fraction of sp³-hybridized carbons (Fsp3) is 0.400. The van der Waals surface area contributed by atoms with Crippen LogP contribution in [0, 0.1) is 0 Å². The normalized spacial score (nSPS) is 16.7. The molecule has 2 aliphatic rings. The fourth-order valence-electron chi connectivity index (χ4n) is 5.31. The Hall–Kier alpha value is -3.55. The van der Waals surface area contributed by atoms with E-state index in [0.29, 0.717) is 16.6 Å². The third kappa shape index (κ3) is 9.01. The summed E-state index contributed by atoms with van der Waals surface area (Å²) < 4.78 is 38.3. The molecule has 45 heavy (non-hydrogen) atoms. The Kier molecular flexibility index (Phi) is 12.9. The number of fused-ring (bicyclic) bond motifs is 3. The Bertz CT molecular complexity index is 1640. The van der Waals surface area contributed by atoms with Gasteiger partial charge in [-0.3, -0.25) is 14.2 Å². The molecular formula is C30H38F2N5O6PS. The lowest BCUT2D eigenvalue weighted by Crippen LogP contribution is -2.36. The molecule has 15 heteroatoms. The molecule has 2 fully saturated rings. The summed E-state index contributed by atoms with van der Waals surface area (Å²) in [7, 11) is -3.66. The number of aromatic amines is 1. The number of pyridine rings is 1. The monoisotopic (exact) mass is 665 g/mol. The predicted molar refractivity (Wildman–Crippen MR) is 170 cm³/mol. The average Bonchev–Trinajstić information content (AvgIpc) is 3.76. The number of aromatic nitrogens is 2. The van der Waals surface area contributed by atoms with E-state index in [1.807, 2.05) is 26.1 Å². The molecule has 1 aromatic carbocycles. The van der Waals surface area contributed by atoms with Crippen LogP contribution in [0.15, 0.2) is 48.8 Å². The van der Waals surface area contributed by atoms with Crippen molar-refractivity contribution in [2.45, 2.75) is 63.2 Å². The Labute approximate surface area is 263 Å². The number of halogens is 2. The molecule has 3 aromatic heterocycles. The summed E-state index contributed by atoms with van der Waals surface area (Å²) >= 11 is 1.02. The number of hydrogen-bond donors (Lipinski definition) is 5. The molecule has 11 nitrogen and oxygen atoms in total. The molecule has 0 spiro atoms. The van der Waals surface area contributed by atoms with Crippen molar-refractivity contribution in [2.75, 3.05) is 13.6 Å². The minimum absolute atomic E-state index is 0.187. The summed E-state index contributed by atoms with van der Waals surface area (Å²) in [6.45, 7) is 3.91. The summed E-state index contributed by atoms with van der Waals surface area (Å²) in [6.07, 6.45) is 12.0. The van der Waals surface area contributed by atoms with Crippen molar-refractivity contribution >= 4 is 58.7 Å². The first kappa shape index (κ1) is 35.9. The van der Waals surface area contributed by atoms with Crippen LogP contribution in [0.4, 0.5) is 8.78 Å². The quantitative estimate of drug-likeness (QED) is 0.179. The number of primary amides is 1. The van der Waals surface area contributed by atoms with Crippen molar-refractivity contribution in [1.82, 2.24) is 20.2 Å². The van der Waals surface area contributed by atoms with E-state index in [4.69, 9.17) is 20.3 Å². The van der Waals surface area contributed by atoms with Crippen LogP contribution in [0.25, 0.3) is 21.1 Å². The molecule has 4 aromatic rings. The number of carbonyl (C=O) groups is 3. The van der Waals surface area contributed by atoms with E-state index >= 15 is 0 Å². The summed E-state index contributed by atoms with van der Waals surface area (Å²) in [5, 5.41) is 4.60. The Balaban J connectivity index is 0.000000186. The maximum atomic E-state index is 13.5. The maximum absolute atomic E-state index is 13.5. The summed E-state index contributed by atoms with van der Waals surface area (Å²) in [5.74, 6) is -0.276. The second-order valence-electron chi connectivity index (χ2n) is 10.5. The molecule has 0 radical (unpaired) electrons. The lowest BCUT2D eigenvalue weighted by molar-refractivity contribution is -0.132. The number of alkyl halides is 2. The number of carbonyl (C=O) groups excluding carboxylic acids is 3. The molecule has 2 aliphatic heterocycles. The lowest BCUT2D eigenvalue weighted by Gasteiger charge is -2.26. The van der Waals surface area contributed by atoms with Gasteiger partial charge in [0, 0.05) is 53.6 Å². The van der Waals surface area contributed by atoms with Gasteiger partial charge in [0.25, 0.3) is 5.91 Å². The summed E-state index contributed by atoms with van der Waals surface area (Å²) in [4.78, 5) is 57.5. The number of H-pyrrole nitrogens is 1. The topological polar surface area (TPSA) is 179 Å². The van der Waals surface area contributed by atoms with Gasteiger partial charge in [-0.1, -0.05) is 18.9 Å². The van der Waals surface area contributed by atoms with Gasteiger partial charge in [-0.25, -0.2) is 4.98 Å². The zero-order chi connectivity index (χ0) is 33.2. The third-order valence-electron chi connectivity index (χ3n) is 7.50. The van der Waals surface area contributed by atoms with Crippen molar-refractivity contribution in [3.63, 3.8) is 0 Å². The van der Waals surface area contributed by atoms with E-state index in [1.165, 1.54) is 55.2 Å². The Morgan fingerprint density at radius 3 is 2.62 bits per heavy atom. The second kappa shape index (κ2) is 16.1. The number of nitrogens with two attached hydrogens (primary N) is 1. The first-order chi connectivity index (χ1) is 21.4. The molecule has 0 unspecified atom stereocenters. The van der Waals surface area contributed by atoms with Crippen molar-refractivity contribution in [3.05, 3.63) is 64.8 Å². The van der Waals surface area contributed by atoms with Crippen LogP contribution in [-0.4, -0.2) is 62.9 Å². The zero-order valence-electron chi connectivity index (χ0n) is 24.9. The van der Waals surface area contributed by atoms with Crippen LogP contribution in [0.3, 0.4) is 0 Å². The molecule has 2 saturated heterocycles. The average molecular weight is 666 g/mol. The predicted octanol–water partition coefficient (Wildman–Crippen LogP) is 5.27. The number of nitrogens with one attached hydrogen (secondary N) is 2. The van der Waals surface area contributed by atoms with Crippen LogP contribution in [0.5, 0.6) is 0 Å². The van der Waals surface area contributed by atoms with Crippen molar-refractivity contribution in [1.29, 1.82) is 0 Å². The number of thiophene rings is 1. The molecule has 0 bridgehead atoms. The molecule has 0 aliphatic carbocycles. The fourth-order valence-corrected chi connectivity index (χ4v) is 6.68. The van der Waals surface area contributed by atoms with Gasteiger partial charge in [0.2, 0.25) is 5.91 Å². The van der Waals surface area contributed by atoms with E-state index in [1.54, 1.807) is 6.20 Å². The standard InChI is InChI=1S/C10H8F2NO4PS.C10H17NO.C9H11N3.CH2O/c11-10(12,18(15,16)17)6-1-2-7-5(3-6)4-8(19-7)9(13)14;12-10-7-3-1-2-5-9-6-4-8-11(9)10;1-10-5-7-6-12-9-8(7)3-2-4-11-9;1-2/h1-4H,(H2,13,14)(H2,15,16,17);9H,1-8H2;2-4,6,10H,5H2,1H3,(H,11,12);1H2/t;9-;;/m.0../s1. The van der Waals surface area contributed by atoms with Gasteiger partial charge in [0.1, 0.15) is 12.4 Å². The highest BCUT2D eigenvalue weighted by Crippen LogP contribution is 2.59. The van der Waals surface area contributed by atoms with Crippen LogP contribution in [0.1, 0.15) is 65.7 Å². The molecular weight excluding hydrogens is 627 g/mol. The molecule has 2 amide bonds. The number of rotatable bonds is 5. The zero-order valence-corrected chi connectivity index (χ0v) is 26.6. The van der Waals surface area contributed by atoms with Crippen LogP contribution in [-0.2, 0) is 26.4 Å². The first-order valence-electron chi connectivity index (χ1n) is 14.3. The van der Waals surface area contributed by atoms with Crippen molar-refractivity contribution in [2.24, 2.45) is 5.73 Å². The maximum Gasteiger partial charge on any atom is 0.399 e. The molecule has 6 rings (SSSR count). The minimum atomic E-state index is -5.60. The number of benzene rings is 1. The van der Waals surface area contributed by atoms with Crippen LogP contribution in [0.2, 0.25) is 0 Å². The Morgan fingerprint density at radius 2 is 1.93 bits per heavy atom. The first-order valence-corrected chi connectivity index (χ1v) is 16.8. The van der Waals surface area contributed by atoms with Gasteiger partial charge in [0.05, 0.1) is 4.88 Å². The number of hydrogen-bond acceptors (Lipinski definition) is 7. The number of amides is 2. The smallest absolute Gasteiger partial charge is 0.365 e. The van der Waals surface area contributed by atoms with Gasteiger partial charge < -0.3 is 35.5 Å². The van der Waals surface area contributed by atoms with E-state index in [0.717, 1.165) is 55.0 Å². The summed E-state index contributed by atoms with van der Waals surface area (Å²) in [6, 6.07) is 9.08. The third-order valence-corrected chi connectivity index (χ3v) is 9.62. The van der Waals surface area contributed by atoms with E-state index in [9.17, 15) is 22.9 Å². The van der Waals surface area contributed by atoms with Crippen LogP contribution >= 0.6 is 18.9 Å². The highest BCUT2D eigenvalue weighted by Gasteiger charge is 2.50. The molecule has 1 atom stereocenters. The molecule has 5 heterocycles. The lowest BCUT2D eigenvalue weighted by atomic mass is 10.0. The van der Waals surface area contributed by atoms with Gasteiger partial charge >= 0.3 is 13.3 Å². The Morgan fingerprint density at radius 1 is 1.20 bits per heavy atom. The highest BCUT2D eigenvalue weighted by atomic mass is 32.1. The summed E-state index contributed by atoms with van der Waals surface area (Å²) in [5.41, 5.74) is 2.22. The van der Waals surface area contributed by atoms with Crippen molar-refractivity contribution < 1.29 is 37.5 Å². The minimum Gasteiger partial charge on any atom is -0.365 e. The van der Waals surface area contributed by atoms with Gasteiger partial charge in [-0.05, 0) is 74.0 Å². The second-order valence-corrected chi connectivity index (χ2v) is 13.3. The van der Waals surface area contributed by atoms with Gasteiger partial charge in [0.15, 0.2) is 0 Å².